The molecule has 0 aromatic carbocycles. The third-order valence-electron chi connectivity index (χ3n) is 3.25. The van der Waals surface area contributed by atoms with Crippen LogP contribution in [0.15, 0.2) is 5.38 Å². The highest BCUT2D eigenvalue weighted by molar-refractivity contribution is 7.88. The van der Waals surface area contributed by atoms with Gasteiger partial charge in [0.15, 0.2) is 0 Å². The van der Waals surface area contributed by atoms with Gasteiger partial charge in [0.25, 0.3) is 0 Å². The van der Waals surface area contributed by atoms with E-state index in [2.05, 4.69) is 22.2 Å². The van der Waals surface area contributed by atoms with E-state index in [1.807, 2.05) is 0 Å². The van der Waals surface area contributed by atoms with Gasteiger partial charge in [-0.15, -0.1) is 11.3 Å². The van der Waals surface area contributed by atoms with Crippen LogP contribution in [0.4, 0.5) is 0 Å². The van der Waals surface area contributed by atoms with Crippen LogP contribution in [-0.4, -0.2) is 55.0 Å². The molecule has 0 spiro atoms. The largest absolute Gasteiger partial charge is 0.295 e. The first-order chi connectivity index (χ1) is 8.99. The zero-order chi connectivity index (χ0) is 13.9. The van der Waals surface area contributed by atoms with E-state index in [-0.39, 0.29) is 0 Å². The van der Waals surface area contributed by atoms with Crippen molar-refractivity contribution in [3.05, 3.63) is 16.1 Å². The molecule has 7 heteroatoms. The van der Waals surface area contributed by atoms with Gasteiger partial charge in [-0.1, -0.05) is 6.92 Å². The molecule has 19 heavy (non-hydrogen) atoms. The van der Waals surface area contributed by atoms with Crippen LogP contribution in [0.1, 0.15) is 24.0 Å². The third kappa shape index (κ3) is 4.24. The highest BCUT2D eigenvalue weighted by Gasteiger charge is 2.23. The molecule has 5 nitrogen and oxygen atoms in total. The molecule has 1 saturated heterocycles. The fourth-order valence-electron chi connectivity index (χ4n) is 2.20. The second-order valence-corrected chi connectivity index (χ2v) is 7.85. The average molecular weight is 303 g/mol. The Morgan fingerprint density at radius 2 is 2.00 bits per heavy atom. The van der Waals surface area contributed by atoms with Crippen molar-refractivity contribution in [2.45, 2.75) is 26.3 Å². The zero-order valence-electron chi connectivity index (χ0n) is 11.5. The number of hydrogen-bond donors (Lipinski definition) is 0. The van der Waals surface area contributed by atoms with Gasteiger partial charge in [-0.05, 0) is 12.8 Å². The fraction of sp³-hybridized carbons (Fsp3) is 0.750. The molecule has 1 fully saturated rings. The summed E-state index contributed by atoms with van der Waals surface area (Å²) < 4.78 is 24.4. The summed E-state index contributed by atoms with van der Waals surface area (Å²) in [5.74, 6) is 0. The Hall–Kier alpha value is -0.500. The molecule has 1 aromatic rings. The summed E-state index contributed by atoms with van der Waals surface area (Å²) >= 11 is 1.72. The van der Waals surface area contributed by atoms with Gasteiger partial charge in [0, 0.05) is 38.1 Å². The van der Waals surface area contributed by atoms with Crippen LogP contribution >= 0.6 is 11.3 Å². The lowest BCUT2D eigenvalue weighted by Crippen LogP contribution is -2.47. The predicted molar refractivity (Wildman–Crippen MR) is 77.8 cm³/mol. The summed E-state index contributed by atoms with van der Waals surface area (Å²) in [4.78, 5) is 6.88. The quantitative estimate of drug-likeness (QED) is 0.819. The summed E-state index contributed by atoms with van der Waals surface area (Å²) in [6, 6.07) is 0. The van der Waals surface area contributed by atoms with E-state index in [4.69, 9.17) is 0 Å². The molecule has 0 aliphatic carbocycles. The van der Waals surface area contributed by atoms with Crippen molar-refractivity contribution < 1.29 is 8.42 Å². The average Bonchev–Trinajstić information content (AvgIpc) is 2.77. The Morgan fingerprint density at radius 3 is 2.58 bits per heavy atom. The molecule has 0 saturated carbocycles. The van der Waals surface area contributed by atoms with Crippen molar-refractivity contribution in [3.63, 3.8) is 0 Å². The molecule has 0 N–H and O–H groups in total. The highest BCUT2D eigenvalue weighted by Crippen LogP contribution is 2.15. The van der Waals surface area contributed by atoms with Gasteiger partial charge in [-0.3, -0.25) is 4.90 Å². The van der Waals surface area contributed by atoms with Crippen LogP contribution < -0.4 is 0 Å². The molecule has 0 unspecified atom stereocenters. The third-order valence-corrected chi connectivity index (χ3v) is 5.51. The lowest BCUT2D eigenvalue weighted by molar-refractivity contribution is 0.180. The molecule has 1 aliphatic heterocycles. The number of nitrogens with zero attached hydrogens (tertiary/aromatic N) is 3. The number of thiazole rings is 1. The standard InChI is InChI=1S/C12H21N3O2S2/c1-3-4-12-13-11(10-18-12)9-14-5-7-15(8-6-14)19(2,16)17/h10H,3-9H2,1-2H3. The number of aryl methyl sites for hydroxylation is 1. The molecule has 0 atom stereocenters. The Balaban J connectivity index is 1.85. The van der Waals surface area contributed by atoms with Crippen LogP contribution in [0.3, 0.4) is 0 Å². The Morgan fingerprint density at radius 1 is 1.32 bits per heavy atom. The van der Waals surface area contributed by atoms with E-state index >= 15 is 0 Å². The van der Waals surface area contributed by atoms with Crippen LogP contribution in [0.5, 0.6) is 0 Å². The first kappa shape index (κ1) is 14.9. The van der Waals surface area contributed by atoms with Gasteiger partial charge >= 0.3 is 0 Å². The SMILES string of the molecule is CCCc1nc(CN2CCN(S(C)(=O)=O)CC2)cs1. The van der Waals surface area contributed by atoms with Gasteiger partial charge < -0.3 is 0 Å². The van der Waals surface area contributed by atoms with Crippen LogP contribution in [-0.2, 0) is 23.0 Å². The van der Waals surface area contributed by atoms with Crippen molar-refractivity contribution in [1.82, 2.24) is 14.2 Å². The summed E-state index contributed by atoms with van der Waals surface area (Å²) in [5, 5.41) is 3.32. The monoisotopic (exact) mass is 303 g/mol. The maximum atomic E-state index is 11.4. The van der Waals surface area contributed by atoms with E-state index < -0.39 is 10.0 Å². The van der Waals surface area contributed by atoms with E-state index in [0.29, 0.717) is 13.1 Å². The molecule has 2 heterocycles. The molecular formula is C12H21N3O2S2. The lowest BCUT2D eigenvalue weighted by Gasteiger charge is -2.32. The summed E-state index contributed by atoms with van der Waals surface area (Å²) in [5.41, 5.74) is 1.11. The molecule has 1 aromatic heterocycles. The smallest absolute Gasteiger partial charge is 0.211 e. The van der Waals surface area contributed by atoms with Gasteiger partial charge in [0.1, 0.15) is 0 Å². The van der Waals surface area contributed by atoms with Crippen LogP contribution in [0.2, 0.25) is 0 Å². The van der Waals surface area contributed by atoms with Crippen molar-refractivity contribution in [2.75, 3.05) is 32.4 Å². The maximum absolute atomic E-state index is 11.4. The lowest BCUT2D eigenvalue weighted by atomic mass is 10.3. The van der Waals surface area contributed by atoms with Gasteiger partial charge in [0.05, 0.1) is 17.0 Å². The summed E-state index contributed by atoms with van der Waals surface area (Å²) in [6.07, 6.45) is 3.45. The maximum Gasteiger partial charge on any atom is 0.211 e. The van der Waals surface area contributed by atoms with Gasteiger partial charge in [-0.2, -0.15) is 4.31 Å². The minimum absolute atomic E-state index is 0.588. The first-order valence-corrected chi connectivity index (χ1v) is 9.32. The number of hydrogen-bond acceptors (Lipinski definition) is 5. The molecule has 0 radical (unpaired) electrons. The van der Waals surface area contributed by atoms with Crippen LogP contribution in [0.25, 0.3) is 0 Å². The van der Waals surface area contributed by atoms with Crippen molar-refractivity contribution in [2.24, 2.45) is 0 Å². The Bertz CT molecular complexity index is 505. The first-order valence-electron chi connectivity index (χ1n) is 6.60. The fourth-order valence-corrected chi connectivity index (χ4v) is 3.92. The molecule has 2 rings (SSSR count). The number of piperazine rings is 1. The van der Waals surface area contributed by atoms with Crippen molar-refractivity contribution in [1.29, 1.82) is 0 Å². The molecular weight excluding hydrogens is 282 g/mol. The minimum Gasteiger partial charge on any atom is -0.295 e. The summed E-state index contributed by atoms with van der Waals surface area (Å²) in [6.45, 7) is 5.74. The zero-order valence-corrected chi connectivity index (χ0v) is 13.1. The minimum atomic E-state index is -3.03. The normalized spacial score (nSPS) is 18.8. The van der Waals surface area contributed by atoms with E-state index in [1.165, 1.54) is 11.3 Å². The van der Waals surface area contributed by atoms with E-state index in [1.54, 1.807) is 15.6 Å². The number of sulfonamides is 1. The Labute approximate surface area is 119 Å². The molecule has 0 bridgehead atoms. The van der Waals surface area contributed by atoms with Crippen molar-refractivity contribution >= 4 is 21.4 Å². The van der Waals surface area contributed by atoms with Gasteiger partial charge in [0.2, 0.25) is 10.0 Å². The van der Waals surface area contributed by atoms with Crippen molar-refractivity contribution in [3.8, 4) is 0 Å². The second kappa shape index (κ2) is 6.30. The number of aromatic nitrogens is 1. The van der Waals surface area contributed by atoms with Crippen LogP contribution in [0, 0.1) is 0 Å². The number of rotatable bonds is 5. The second-order valence-electron chi connectivity index (χ2n) is 4.92. The van der Waals surface area contributed by atoms with Gasteiger partial charge in [-0.25, -0.2) is 13.4 Å². The van der Waals surface area contributed by atoms with E-state index in [9.17, 15) is 8.42 Å². The van der Waals surface area contributed by atoms with E-state index in [0.717, 1.165) is 38.2 Å². The Kier molecular flexibility index (Phi) is 4.94. The molecule has 108 valence electrons. The molecule has 1 aliphatic rings. The summed E-state index contributed by atoms with van der Waals surface area (Å²) in [7, 11) is -3.03. The molecule has 0 amide bonds. The topological polar surface area (TPSA) is 53.5 Å². The highest BCUT2D eigenvalue weighted by atomic mass is 32.2. The predicted octanol–water partition coefficient (Wildman–Crippen LogP) is 1.17.